The first-order valence-electron chi connectivity index (χ1n) is 12.4. The van der Waals surface area contributed by atoms with Crippen LogP contribution in [0, 0.1) is 0 Å². The zero-order valence-corrected chi connectivity index (χ0v) is 22.0. The Morgan fingerprint density at radius 3 is 2.72 bits per heavy atom. The van der Waals surface area contributed by atoms with Crippen molar-refractivity contribution in [2.24, 2.45) is 0 Å². The molecule has 9 heteroatoms. The number of aromatic nitrogens is 2. The number of aryl methyl sites for hydroxylation is 1. The maximum atomic E-state index is 13.9. The number of alkyl halides is 3. The number of thiophene rings is 1. The predicted octanol–water partition coefficient (Wildman–Crippen LogP) is 6.90. The lowest BCUT2D eigenvalue weighted by Crippen LogP contribution is -2.33. The molecule has 0 spiro atoms. The maximum Gasteiger partial charge on any atom is 0.435 e. The van der Waals surface area contributed by atoms with E-state index < -0.39 is 11.9 Å². The van der Waals surface area contributed by atoms with Crippen LogP contribution in [-0.2, 0) is 19.3 Å². The van der Waals surface area contributed by atoms with Gasteiger partial charge in [0.05, 0.1) is 4.34 Å². The Morgan fingerprint density at radius 2 is 2.00 bits per heavy atom. The predicted molar refractivity (Wildman–Crippen MR) is 140 cm³/mol. The molecule has 192 valence electrons. The zero-order chi connectivity index (χ0) is 25.4. The second-order valence-corrected chi connectivity index (χ2v) is 11.4. The Labute approximate surface area is 219 Å². The maximum absolute atomic E-state index is 13.9. The van der Waals surface area contributed by atoms with E-state index >= 15 is 0 Å². The van der Waals surface area contributed by atoms with Crippen molar-refractivity contribution in [3.8, 4) is 11.1 Å². The van der Waals surface area contributed by atoms with Gasteiger partial charge >= 0.3 is 6.18 Å². The first-order chi connectivity index (χ1) is 17.2. The smallest absolute Gasteiger partial charge is 0.300 e. The largest absolute Gasteiger partial charge is 0.435 e. The summed E-state index contributed by atoms with van der Waals surface area (Å²) in [5, 5.41) is 3.86. The molecule has 2 aliphatic rings. The molecule has 4 heterocycles. The van der Waals surface area contributed by atoms with E-state index in [-0.39, 0.29) is 11.5 Å². The second kappa shape index (κ2) is 10.3. The van der Waals surface area contributed by atoms with Crippen LogP contribution in [0.3, 0.4) is 0 Å². The number of likely N-dealkylation sites (tertiary alicyclic amines) is 1. The lowest BCUT2D eigenvalue weighted by molar-refractivity contribution is -0.141. The first kappa shape index (κ1) is 25.5. The van der Waals surface area contributed by atoms with Gasteiger partial charge in [-0.1, -0.05) is 48.0 Å². The van der Waals surface area contributed by atoms with Crippen molar-refractivity contribution in [1.82, 2.24) is 19.6 Å². The molecular weight excluding hydrogens is 505 g/mol. The third-order valence-corrected chi connectivity index (χ3v) is 8.54. The van der Waals surface area contributed by atoms with Crippen LogP contribution in [0.5, 0.6) is 0 Å². The molecule has 0 bridgehead atoms. The fraction of sp³-hybridized carbons (Fsp3) is 0.444. The highest BCUT2D eigenvalue weighted by Gasteiger charge is 2.39. The summed E-state index contributed by atoms with van der Waals surface area (Å²) in [4.78, 5) is 5.91. The van der Waals surface area contributed by atoms with Crippen molar-refractivity contribution in [2.75, 3.05) is 26.7 Å². The van der Waals surface area contributed by atoms with Crippen LogP contribution in [0.4, 0.5) is 13.2 Å². The number of fused-ring (bicyclic) bond motifs is 1. The van der Waals surface area contributed by atoms with Gasteiger partial charge in [0.1, 0.15) is 0 Å². The summed E-state index contributed by atoms with van der Waals surface area (Å²) in [6.45, 7) is 5.58. The molecule has 2 aromatic heterocycles. The molecule has 0 saturated carbocycles. The van der Waals surface area contributed by atoms with Gasteiger partial charge in [-0.2, -0.15) is 18.3 Å². The van der Waals surface area contributed by atoms with E-state index in [9.17, 15) is 13.2 Å². The molecule has 2 atom stereocenters. The molecular formula is C27H30ClF3N4S. The minimum Gasteiger partial charge on any atom is -0.300 e. The highest BCUT2D eigenvalue weighted by atomic mass is 35.5. The van der Waals surface area contributed by atoms with Crippen molar-refractivity contribution in [3.63, 3.8) is 0 Å². The van der Waals surface area contributed by atoms with E-state index in [0.717, 1.165) is 30.8 Å². The van der Waals surface area contributed by atoms with Gasteiger partial charge in [-0.3, -0.25) is 14.5 Å². The average Bonchev–Trinajstić information content (AvgIpc) is 3.56. The molecule has 1 saturated heterocycles. The molecule has 0 radical (unpaired) electrons. The SMILES string of the molecule is CCn1cc(-c2ccccc2[C@@H]2CN(C/C=C/C3CCCN3C)Cc3sc(Cl)cc32)c(C(F)(F)F)n1. The Morgan fingerprint density at radius 1 is 1.19 bits per heavy atom. The molecule has 5 rings (SSSR count). The number of hydrogen-bond acceptors (Lipinski definition) is 4. The van der Waals surface area contributed by atoms with Crippen LogP contribution in [0.15, 0.2) is 48.7 Å². The highest BCUT2D eigenvalue weighted by molar-refractivity contribution is 7.16. The monoisotopic (exact) mass is 534 g/mol. The van der Waals surface area contributed by atoms with Crippen molar-refractivity contribution >= 4 is 22.9 Å². The fourth-order valence-electron chi connectivity index (χ4n) is 5.44. The number of hydrogen-bond donors (Lipinski definition) is 0. The number of likely N-dealkylation sites (N-methyl/N-ethyl adjacent to an activating group) is 1. The van der Waals surface area contributed by atoms with Crippen LogP contribution < -0.4 is 0 Å². The van der Waals surface area contributed by atoms with Gasteiger partial charge in [-0.15, -0.1) is 11.3 Å². The molecule has 0 N–H and O–H groups in total. The Kier molecular flexibility index (Phi) is 7.32. The number of rotatable bonds is 6. The number of benzene rings is 1. The lowest BCUT2D eigenvalue weighted by Gasteiger charge is -2.33. The van der Waals surface area contributed by atoms with Crippen molar-refractivity contribution in [1.29, 1.82) is 0 Å². The normalized spacial score (nSPS) is 21.5. The van der Waals surface area contributed by atoms with Crippen LogP contribution in [-0.4, -0.2) is 52.3 Å². The molecule has 0 aliphatic carbocycles. The molecule has 36 heavy (non-hydrogen) atoms. The minimum atomic E-state index is -4.53. The topological polar surface area (TPSA) is 24.3 Å². The summed E-state index contributed by atoms with van der Waals surface area (Å²) in [5.74, 6) is -0.0812. The van der Waals surface area contributed by atoms with Crippen LogP contribution >= 0.6 is 22.9 Å². The van der Waals surface area contributed by atoms with Crippen molar-refractivity contribution in [3.05, 3.63) is 74.7 Å². The van der Waals surface area contributed by atoms with E-state index in [2.05, 4.69) is 34.1 Å². The summed E-state index contributed by atoms with van der Waals surface area (Å²) in [6.07, 6.45) is 3.92. The Hall–Kier alpha value is -2.13. The summed E-state index contributed by atoms with van der Waals surface area (Å²) in [5.41, 5.74) is 1.86. The third-order valence-electron chi connectivity index (χ3n) is 7.27. The van der Waals surface area contributed by atoms with Gasteiger partial charge in [-0.05, 0) is 56.1 Å². The Bertz CT molecular complexity index is 1250. The molecule has 1 fully saturated rings. The standard InChI is InChI=1S/C27H30ClF3N4S/c1-3-35-16-23(26(32-35)27(29,30)31)20-11-5-4-10-19(20)22-15-34(17-24-21(22)14-25(28)36-24)13-7-9-18-8-6-12-33(18)2/h4-5,7,9-11,14,16,18,22H,3,6,8,12-13,15,17H2,1-2H3/b9-7+/t18?,22-/m0/s1. The summed E-state index contributed by atoms with van der Waals surface area (Å²) in [7, 11) is 2.16. The molecule has 3 aromatic rings. The zero-order valence-electron chi connectivity index (χ0n) is 20.4. The summed E-state index contributed by atoms with van der Waals surface area (Å²) in [6, 6.07) is 9.90. The van der Waals surface area contributed by atoms with Gasteiger partial charge in [0.15, 0.2) is 5.69 Å². The lowest BCUT2D eigenvalue weighted by atomic mass is 9.84. The fourth-order valence-corrected chi connectivity index (χ4v) is 6.82. The number of nitrogens with zero attached hydrogens (tertiary/aromatic N) is 4. The van der Waals surface area contributed by atoms with Crippen LogP contribution in [0.2, 0.25) is 4.34 Å². The van der Waals surface area contributed by atoms with Crippen LogP contribution in [0.25, 0.3) is 11.1 Å². The van der Waals surface area contributed by atoms with Gasteiger partial charge in [0, 0.05) is 54.8 Å². The minimum absolute atomic E-state index is 0.0812. The summed E-state index contributed by atoms with van der Waals surface area (Å²) < 4.78 is 43.9. The second-order valence-electron chi connectivity index (χ2n) is 9.63. The van der Waals surface area contributed by atoms with E-state index in [1.165, 1.54) is 28.6 Å². The number of halogens is 4. The molecule has 1 unspecified atom stereocenters. The van der Waals surface area contributed by atoms with Crippen molar-refractivity contribution in [2.45, 2.75) is 51.0 Å². The van der Waals surface area contributed by atoms with Gasteiger partial charge in [0.2, 0.25) is 0 Å². The van der Waals surface area contributed by atoms with Gasteiger partial charge in [0.25, 0.3) is 0 Å². The molecule has 2 aliphatic heterocycles. The third kappa shape index (κ3) is 5.14. The molecule has 0 amide bonds. The summed E-state index contributed by atoms with van der Waals surface area (Å²) >= 11 is 8.00. The van der Waals surface area contributed by atoms with Gasteiger partial charge < -0.3 is 0 Å². The average molecular weight is 535 g/mol. The van der Waals surface area contributed by atoms with E-state index in [1.54, 1.807) is 30.4 Å². The van der Waals surface area contributed by atoms with Crippen LogP contribution in [0.1, 0.15) is 47.4 Å². The molecule has 4 nitrogen and oxygen atoms in total. The van der Waals surface area contributed by atoms with Crippen molar-refractivity contribution < 1.29 is 13.2 Å². The Balaban J connectivity index is 1.50. The highest BCUT2D eigenvalue weighted by Crippen LogP contribution is 2.44. The molecule has 1 aromatic carbocycles. The van der Waals surface area contributed by atoms with E-state index in [4.69, 9.17) is 11.6 Å². The van der Waals surface area contributed by atoms with Gasteiger partial charge in [-0.25, -0.2) is 0 Å². The van der Waals surface area contributed by atoms with E-state index in [0.29, 0.717) is 29.0 Å². The first-order valence-corrected chi connectivity index (χ1v) is 13.5. The quantitative estimate of drug-likeness (QED) is 0.321. The van der Waals surface area contributed by atoms with E-state index in [1.807, 2.05) is 18.2 Å².